The highest BCUT2D eigenvalue weighted by atomic mass is 127. The Kier molecular flexibility index (Phi) is 13.7. The summed E-state index contributed by atoms with van der Waals surface area (Å²) >= 11 is 0. The first-order valence-electron chi connectivity index (χ1n) is 4.26. The summed E-state index contributed by atoms with van der Waals surface area (Å²) in [7, 11) is 0. The molecule has 0 aromatic rings. The molecule has 3 heteroatoms. The van der Waals surface area contributed by atoms with Crippen LogP contribution in [0.5, 0.6) is 0 Å². The van der Waals surface area contributed by atoms with Gasteiger partial charge < -0.3 is 10.1 Å². The average molecular weight is 273 g/mol. The lowest BCUT2D eigenvalue weighted by molar-refractivity contribution is 0.0775. The molecule has 1 N–H and O–H groups in total. The van der Waals surface area contributed by atoms with Gasteiger partial charge in [-0.1, -0.05) is 13.8 Å². The zero-order valence-corrected chi connectivity index (χ0v) is 10.1. The molecule has 1 aliphatic rings. The van der Waals surface area contributed by atoms with Gasteiger partial charge in [0.1, 0.15) is 0 Å². The molecule has 0 spiro atoms. The number of rotatable bonds is 2. The van der Waals surface area contributed by atoms with Crippen LogP contribution in [0.2, 0.25) is 0 Å². The van der Waals surface area contributed by atoms with Gasteiger partial charge in [-0.2, -0.15) is 0 Å². The molecular weight excluding hydrogens is 253 g/mol. The number of nitrogens with one attached hydrogen (secondary N) is 1. The molecular formula is C8H20INO. The van der Waals surface area contributed by atoms with Crippen LogP contribution in [0.3, 0.4) is 0 Å². The van der Waals surface area contributed by atoms with Crippen molar-refractivity contribution in [3.63, 3.8) is 0 Å². The highest BCUT2D eigenvalue weighted by Crippen LogP contribution is 2.01. The Labute approximate surface area is 87.1 Å². The molecule has 11 heavy (non-hydrogen) atoms. The predicted octanol–water partition coefficient (Wildman–Crippen LogP) is 2.03. The number of hydrogen-bond acceptors (Lipinski definition) is 2. The second-order valence-corrected chi connectivity index (χ2v) is 2.07. The Bertz CT molecular complexity index is 65.1. The fourth-order valence-corrected chi connectivity index (χ4v) is 1.01. The van der Waals surface area contributed by atoms with Crippen molar-refractivity contribution >= 4 is 24.0 Å². The van der Waals surface area contributed by atoms with Gasteiger partial charge >= 0.3 is 0 Å². The van der Waals surface area contributed by atoms with Gasteiger partial charge in [-0.05, 0) is 19.9 Å². The summed E-state index contributed by atoms with van der Waals surface area (Å²) in [4.78, 5) is 0. The Morgan fingerprint density at radius 3 is 2.45 bits per heavy atom. The predicted molar refractivity (Wildman–Crippen MR) is 59.7 cm³/mol. The average Bonchev–Trinajstić information content (AvgIpc) is 2.46. The van der Waals surface area contributed by atoms with Crippen LogP contribution >= 0.6 is 24.0 Å². The normalized spacial score (nSPS) is 21.5. The van der Waals surface area contributed by atoms with Crippen molar-refractivity contribution in [1.82, 2.24) is 5.32 Å². The van der Waals surface area contributed by atoms with Gasteiger partial charge in [-0.25, -0.2) is 0 Å². The van der Waals surface area contributed by atoms with Crippen molar-refractivity contribution in [2.75, 3.05) is 19.7 Å². The summed E-state index contributed by atoms with van der Waals surface area (Å²) < 4.78 is 5.34. The molecule has 0 amide bonds. The van der Waals surface area contributed by atoms with Gasteiger partial charge in [0, 0.05) is 13.2 Å². The molecule has 1 rings (SSSR count). The number of ether oxygens (including phenoxy) is 1. The van der Waals surface area contributed by atoms with Crippen LogP contribution in [-0.4, -0.2) is 25.8 Å². The maximum atomic E-state index is 5.34. The molecule has 0 saturated carbocycles. The van der Waals surface area contributed by atoms with Crippen LogP contribution in [-0.2, 0) is 4.74 Å². The zero-order valence-electron chi connectivity index (χ0n) is 7.72. The lowest BCUT2D eigenvalue weighted by atomic mass is 10.3. The maximum Gasteiger partial charge on any atom is 0.0711 e. The maximum absolute atomic E-state index is 5.34. The molecule has 0 aliphatic carbocycles. The van der Waals surface area contributed by atoms with E-state index >= 15 is 0 Å². The third-order valence-electron chi connectivity index (χ3n) is 1.42. The quantitative estimate of drug-likeness (QED) is 0.777. The molecule has 1 unspecified atom stereocenters. The standard InChI is InChI=1S/C6H13NO.C2H6.HI/c1-2-8-6-3-4-7-5-6;1-2;/h6-7H,2-5H2,1H3;1-2H3;1H. The van der Waals surface area contributed by atoms with E-state index in [2.05, 4.69) is 5.32 Å². The van der Waals surface area contributed by atoms with Crippen LogP contribution < -0.4 is 5.32 Å². The van der Waals surface area contributed by atoms with Crippen molar-refractivity contribution in [2.45, 2.75) is 33.3 Å². The first kappa shape index (κ1) is 14.2. The van der Waals surface area contributed by atoms with Crippen molar-refractivity contribution in [1.29, 1.82) is 0 Å². The van der Waals surface area contributed by atoms with E-state index in [9.17, 15) is 0 Å². The summed E-state index contributed by atoms with van der Waals surface area (Å²) in [5.74, 6) is 0. The van der Waals surface area contributed by atoms with Crippen LogP contribution in [0.15, 0.2) is 0 Å². The monoisotopic (exact) mass is 273 g/mol. The largest absolute Gasteiger partial charge is 0.377 e. The summed E-state index contributed by atoms with van der Waals surface area (Å²) in [5, 5.41) is 3.23. The lowest BCUT2D eigenvalue weighted by Crippen LogP contribution is -2.16. The molecule has 70 valence electrons. The minimum atomic E-state index is 0. The van der Waals surface area contributed by atoms with Gasteiger partial charge in [0.05, 0.1) is 6.10 Å². The smallest absolute Gasteiger partial charge is 0.0711 e. The first-order chi connectivity index (χ1) is 4.93. The first-order valence-corrected chi connectivity index (χ1v) is 4.26. The Balaban J connectivity index is 0. The molecule has 1 fully saturated rings. The van der Waals surface area contributed by atoms with E-state index in [1.54, 1.807) is 0 Å². The molecule has 1 atom stereocenters. The summed E-state index contributed by atoms with van der Waals surface area (Å²) in [5.41, 5.74) is 0. The molecule has 1 aliphatic heterocycles. The van der Waals surface area contributed by atoms with Gasteiger partial charge in [-0.15, -0.1) is 24.0 Å². The molecule has 2 nitrogen and oxygen atoms in total. The van der Waals surface area contributed by atoms with Crippen LogP contribution in [0.25, 0.3) is 0 Å². The van der Waals surface area contributed by atoms with Gasteiger partial charge in [-0.3, -0.25) is 0 Å². The van der Waals surface area contributed by atoms with Crippen LogP contribution in [0, 0.1) is 0 Å². The Morgan fingerprint density at radius 2 is 2.09 bits per heavy atom. The van der Waals surface area contributed by atoms with E-state index in [0.717, 1.165) is 19.7 Å². The molecule has 0 radical (unpaired) electrons. The van der Waals surface area contributed by atoms with E-state index in [4.69, 9.17) is 4.74 Å². The van der Waals surface area contributed by atoms with Crippen LogP contribution in [0.1, 0.15) is 27.2 Å². The topological polar surface area (TPSA) is 21.3 Å². The Hall–Kier alpha value is 0.650. The highest BCUT2D eigenvalue weighted by Gasteiger charge is 2.12. The van der Waals surface area contributed by atoms with E-state index in [0.29, 0.717) is 6.10 Å². The fraction of sp³-hybridized carbons (Fsp3) is 1.00. The minimum absolute atomic E-state index is 0. The van der Waals surface area contributed by atoms with Gasteiger partial charge in [0.2, 0.25) is 0 Å². The SMILES string of the molecule is CC.CCOC1CCNC1.I. The number of hydrogen-bond donors (Lipinski definition) is 1. The van der Waals surface area contributed by atoms with Crippen LogP contribution in [0.4, 0.5) is 0 Å². The van der Waals surface area contributed by atoms with Crippen molar-refractivity contribution in [3.05, 3.63) is 0 Å². The van der Waals surface area contributed by atoms with Crippen molar-refractivity contribution in [2.24, 2.45) is 0 Å². The third-order valence-corrected chi connectivity index (χ3v) is 1.42. The van der Waals surface area contributed by atoms with E-state index in [-0.39, 0.29) is 24.0 Å². The van der Waals surface area contributed by atoms with Crippen molar-refractivity contribution in [3.8, 4) is 0 Å². The van der Waals surface area contributed by atoms with E-state index in [1.807, 2.05) is 20.8 Å². The fourth-order valence-electron chi connectivity index (χ4n) is 1.01. The summed E-state index contributed by atoms with van der Waals surface area (Å²) in [6.07, 6.45) is 1.69. The molecule has 0 aromatic heterocycles. The summed E-state index contributed by atoms with van der Waals surface area (Å²) in [6, 6.07) is 0. The lowest BCUT2D eigenvalue weighted by Gasteiger charge is -2.05. The Morgan fingerprint density at radius 1 is 1.45 bits per heavy atom. The van der Waals surface area contributed by atoms with E-state index < -0.39 is 0 Å². The van der Waals surface area contributed by atoms with Crippen molar-refractivity contribution < 1.29 is 4.74 Å². The molecule has 1 saturated heterocycles. The highest BCUT2D eigenvalue weighted by molar-refractivity contribution is 14.0. The second-order valence-electron chi connectivity index (χ2n) is 2.07. The molecule has 0 aromatic carbocycles. The van der Waals surface area contributed by atoms with Gasteiger partial charge in [0.15, 0.2) is 0 Å². The van der Waals surface area contributed by atoms with Gasteiger partial charge in [0.25, 0.3) is 0 Å². The minimum Gasteiger partial charge on any atom is -0.377 e. The van der Waals surface area contributed by atoms with E-state index in [1.165, 1.54) is 6.42 Å². The zero-order chi connectivity index (χ0) is 7.82. The summed E-state index contributed by atoms with van der Waals surface area (Å²) in [6.45, 7) is 9.07. The third kappa shape index (κ3) is 7.03. The molecule has 0 bridgehead atoms. The number of halogens is 1. The second kappa shape index (κ2) is 10.7. The molecule has 1 heterocycles.